The van der Waals surface area contributed by atoms with Crippen LogP contribution in [0.1, 0.15) is 5.56 Å². The van der Waals surface area contributed by atoms with Crippen molar-refractivity contribution >= 4 is 66.7 Å². The number of hydrogen-bond donors (Lipinski definition) is 3. The molecule has 0 saturated carbocycles. The summed E-state index contributed by atoms with van der Waals surface area (Å²) in [6.45, 7) is 0.951. The van der Waals surface area contributed by atoms with Crippen LogP contribution in [0.15, 0.2) is 15.8 Å². The van der Waals surface area contributed by atoms with Crippen molar-refractivity contribution < 1.29 is 23.8 Å². The molecule has 2 radical (unpaired) electrons. The molecule has 104 valence electrons. The van der Waals surface area contributed by atoms with Crippen LogP contribution >= 0.6 is 7.60 Å². The van der Waals surface area contributed by atoms with Crippen molar-refractivity contribution in [2.75, 3.05) is 13.1 Å². The summed E-state index contributed by atoms with van der Waals surface area (Å²) in [6.07, 6.45) is 0.552. The maximum Gasteiger partial charge on any atom is 0.351 e. The molecule has 0 bridgehead atoms. The summed E-state index contributed by atoms with van der Waals surface area (Å²) in [4.78, 5) is 41.4. The first-order chi connectivity index (χ1) is 8.29. The average molecular weight is 326 g/mol. The Balaban J connectivity index is 0. The molecule has 1 rings (SSSR count). The number of nitrogens with one attached hydrogen (secondary N) is 1. The van der Waals surface area contributed by atoms with Crippen LogP contribution in [0.25, 0.3) is 0 Å². The molecule has 0 unspecified atom stereocenters. The van der Waals surface area contributed by atoms with Crippen LogP contribution in [0.2, 0.25) is 0 Å². The van der Waals surface area contributed by atoms with Crippen LogP contribution in [0.5, 0.6) is 0 Å². The summed E-state index contributed by atoms with van der Waals surface area (Å²) in [6, 6.07) is 0. The fourth-order valence-electron chi connectivity index (χ4n) is 1.07. The van der Waals surface area contributed by atoms with Crippen molar-refractivity contribution in [3.63, 3.8) is 0 Å². The number of nitrogens with zero attached hydrogens (tertiary/aromatic N) is 1. The molecule has 12 heteroatoms. The van der Waals surface area contributed by atoms with E-state index in [9.17, 15) is 14.2 Å². The van der Waals surface area contributed by atoms with E-state index in [4.69, 9.17) is 14.5 Å². The van der Waals surface area contributed by atoms with Gasteiger partial charge in [-0.05, 0) is 6.92 Å². The van der Waals surface area contributed by atoms with E-state index in [1.54, 1.807) is 0 Å². The van der Waals surface area contributed by atoms with Gasteiger partial charge in [0.2, 0.25) is 0 Å². The van der Waals surface area contributed by atoms with Gasteiger partial charge in [0.1, 0.15) is 13.5 Å². The molecule has 0 atom stereocenters. The number of rotatable bonds is 6. The van der Waals surface area contributed by atoms with Crippen LogP contribution in [-0.2, 0) is 20.8 Å². The third-order valence-electron chi connectivity index (χ3n) is 1.85. The third-order valence-corrected chi connectivity index (χ3v) is 2.36. The Morgan fingerprint density at radius 2 is 1.90 bits per heavy atom. The van der Waals surface area contributed by atoms with Gasteiger partial charge in [-0.1, -0.05) is 0 Å². The molecule has 20 heavy (non-hydrogen) atoms. The number of aromatic amines is 1. The molecule has 0 fully saturated rings. The summed E-state index contributed by atoms with van der Waals surface area (Å²) in [5, 5.41) is 0. The first-order valence-electron chi connectivity index (χ1n) is 4.80. The fraction of sp³-hybridized carbons (Fsp3) is 0.500. The molecule has 0 aromatic carbocycles. The Labute approximate surface area is 158 Å². The molecule has 0 saturated heterocycles. The van der Waals surface area contributed by atoms with E-state index in [1.165, 1.54) is 13.1 Å². The Kier molecular flexibility index (Phi) is 12.1. The van der Waals surface area contributed by atoms with E-state index in [0.717, 1.165) is 4.57 Å². The van der Waals surface area contributed by atoms with Crippen LogP contribution in [0.4, 0.5) is 0 Å². The van der Waals surface area contributed by atoms with Crippen LogP contribution in [0.3, 0.4) is 0 Å². The van der Waals surface area contributed by atoms with Gasteiger partial charge in [-0.25, -0.2) is 4.79 Å². The standard InChI is InChI=1S/C8H13N2O7P.2Na/c1-6-2-10(8(12)9-7(6)11)3-16-4-17-5-18(13,14)15;;/h2H,3-5H2,1H3,(H,9,11,12)(H2,13,14,15);;. The van der Waals surface area contributed by atoms with Gasteiger partial charge in [-0.2, -0.15) is 0 Å². The second-order valence-electron chi connectivity index (χ2n) is 3.49. The zero-order valence-electron chi connectivity index (χ0n) is 11.5. The smallest absolute Gasteiger partial charge is 0.343 e. The zero-order chi connectivity index (χ0) is 13.8. The number of ether oxygens (including phenoxy) is 2. The minimum absolute atomic E-state index is 0. The summed E-state index contributed by atoms with van der Waals surface area (Å²) in [5.41, 5.74) is -0.774. The Morgan fingerprint density at radius 3 is 2.45 bits per heavy atom. The van der Waals surface area contributed by atoms with Crippen molar-refractivity contribution in [2.24, 2.45) is 0 Å². The molecule has 1 aromatic rings. The van der Waals surface area contributed by atoms with Crippen molar-refractivity contribution in [3.05, 3.63) is 32.6 Å². The molecule has 3 N–H and O–H groups in total. The van der Waals surface area contributed by atoms with Gasteiger partial charge in [0, 0.05) is 70.9 Å². The largest absolute Gasteiger partial charge is 0.351 e. The molecule has 0 amide bonds. The van der Waals surface area contributed by atoms with Gasteiger partial charge in [0.15, 0.2) is 6.35 Å². The molecule has 9 nitrogen and oxygen atoms in total. The monoisotopic (exact) mass is 326 g/mol. The Morgan fingerprint density at radius 1 is 1.30 bits per heavy atom. The van der Waals surface area contributed by atoms with Crippen molar-refractivity contribution in [2.45, 2.75) is 13.7 Å². The molecule has 0 aliphatic heterocycles. The second-order valence-corrected chi connectivity index (χ2v) is 5.08. The normalized spacial score (nSPS) is 10.6. The van der Waals surface area contributed by atoms with Gasteiger partial charge in [0.25, 0.3) is 5.56 Å². The van der Waals surface area contributed by atoms with Crippen LogP contribution in [-0.4, -0.2) is 91.6 Å². The number of H-pyrrole nitrogens is 1. The van der Waals surface area contributed by atoms with Gasteiger partial charge in [-0.3, -0.25) is 18.9 Å². The summed E-state index contributed by atoms with van der Waals surface area (Å²) < 4.78 is 20.9. The number of aromatic nitrogens is 2. The van der Waals surface area contributed by atoms with Crippen LogP contribution < -0.4 is 11.2 Å². The summed E-state index contributed by atoms with van der Waals surface area (Å²) >= 11 is 0. The predicted octanol–water partition coefficient (Wildman–Crippen LogP) is -1.83. The first-order valence-corrected chi connectivity index (χ1v) is 6.60. The van der Waals surface area contributed by atoms with Gasteiger partial charge in [0.05, 0.1) is 0 Å². The van der Waals surface area contributed by atoms with Crippen LogP contribution in [0, 0.1) is 6.92 Å². The Hall–Kier alpha value is 0.750. The third kappa shape index (κ3) is 8.91. The first kappa shape index (κ1) is 23.0. The minimum Gasteiger partial charge on any atom is -0.343 e. The van der Waals surface area contributed by atoms with E-state index in [-0.39, 0.29) is 72.6 Å². The van der Waals surface area contributed by atoms with E-state index >= 15 is 0 Å². The van der Waals surface area contributed by atoms with Gasteiger partial charge in [-0.15, -0.1) is 0 Å². The van der Waals surface area contributed by atoms with Crippen molar-refractivity contribution in [3.8, 4) is 0 Å². The van der Waals surface area contributed by atoms with E-state index in [1.807, 2.05) is 0 Å². The SMILES string of the molecule is Cc1cn(COCOCP(=O)(O)O)c(=O)[nH]c1=O.[Na].[Na]. The molecule has 0 aliphatic rings. The second kappa shape index (κ2) is 10.5. The molecule has 0 spiro atoms. The number of aryl methyl sites for hydroxylation is 1. The summed E-state index contributed by atoms with van der Waals surface area (Å²) in [5.74, 6) is 0. The number of hydrogen-bond acceptors (Lipinski definition) is 5. The minimum atomic E-state index is -4.22. The van der Waals surface area contributed by atoms with Crippen molar-refractivity contribution in [1.29, 1.82) is 0 Å². The fourth-order valence-corrected chi connectivity index (χ4v) is 1.38. The summed E-state index contributed by atoms with van der Waals surface area (Å²) in [7, 11) is -4.22. The molecule has 0 aliphatic carbocycles. The average Bonchev–Trinajstić information content (AvgIpc) is 2.23. The Bertz CT molecular complexity index is 567. The van der Waals surface area contributed by atoms with E-state index in [2.05, 4.69) is 9.72 Å². The van der Waals surface area contributed by atoms with Gasteiger partial charge >= 0.3 is 13.3 Å². The van der Waals surface area contributed by atoms with Crippen molar-refractivity contribution in [1.82, 2.24) is 9.55 Å². The maximum atomic E-state index is 11.3. The maximum absolute atomic E-state index is 11.3. The topological polar surface area (TPSA) is 131 Å². The molecular weight excluding hydrogens is 313 g/mol. The molecular formula is C8H13N2Na2O7P. The predicted molar refractivity (Wildman–Crippen MR) is 71.5 cm³/mol. The van der Waals surface area contributed by atoms with E-state index in [0.29, 0.717) is 5.56 Å². The molecule has 1 aromatic heterocycles. The zero-order valence-corrected chi connectivity index (χ0v) is 16.4. The van der Waals surface area contributed by atoms with Gasteiger partial charge < -0.3 is 19.3 Å². The molecule has 1 heterocycles. The quantitative estimate of drug-likeness (QED) is 0.242. The van der Waals surface area contributed by atoms with E-state index < -0.39 is 25.2 Å².